The zero-order chi connectivity index (χ0) is 24.8. The first-order chi connectivity index (χ1) is 16.8. The van der Waals surface area contributed by atoms with Crippen LogP contribution in [-0.4, -0.2) is 0 Å². The van der Waals surface area contributed by atoms with Gasteiger partial charge in [-0.3, -0.25) is 0 Å². The van der Waals surface area contributed by atoms with E-state index in [4.69, 9.17) is 17.2 Å². The molecule has 0 heterocycles. The van der Waals surface area contributed by atoms with Gasteiger partial charge in [-0.15, -0.1) is 0 Å². The molecule has 6 N–H and O–H groups in total. The number of hydrogen-bond acceptors (Lipinski definition) is 3. The Bertz CT molecular complexity index is 1190. The van der Waals surface area contributed by atoms with Crippen molar-refractivity contribution in [3.63, 3.8) is 0 Å². The smallest absolute Gasteiger partial charge is 0.0317 e. The quantitative estimate of drug-likeness (QED) is 0.342. The van der Waals surface area contributed by atoms with Gasteiger partial charge in [-0.1, -0.05) is 65.2 Å². The molecule has 0 bridgehead atoms. The van der Waals surface area contributed by atoms with Crippen LogP contribution in [0.4, 0.5) is 17.1 Å². The maximum Gasteiger partial charge on any atom is 0.0317 e. The van der Waals surface area contributed by atoms with Crippen molar-refractivity contribution in [2.45, 2.75) is 82.5 Å². The molecule has 0 saturated heterocycles. The molecule has 3 aliphatic rings. The number of nitrogens with two attached hydrogens (primary N) is 3. The minimum atomic E-state index is -0.131. The van der Waals surface area contributed by atoms with Crippen molar-refractivity contribution in [2.75, 3.05) is 17.2 Å². The monoisotopic (exact) mass is 465 g/mol. The van der Waals surface area contributed by atoms with Crippen molar-refractivity contribution >= 4 is 17.1 Å². The van der Waals surface area contributed by atoms with Gasteiger partial charge in [-0.05, 0) is 89.0 Å². The van der Waals surface area contributed by atoms with Crippen LogP contribution in [0, 0.1) is 5.41 Å². The minimum absolute atomic E-state index is 0.0859. The van der Waals surface area contributed by atoms with E-state index in [0.29, 0.717) is 0 Å². The van der Waals surface area contributed by atoms with Crippen molar-refractivity contribution in [1.82, 2.24) is 0 Å². The normalized spacial score (nSPS) is 31.2. The lowest BCUT2D eigenvalue weighted by atomic mass is 9.48. The van der Waals surface area contributed by atoms with E-state index >= 15 is 0 Å². The summed E-state index contributed by atoms with van der Waals surface area (Å²) < 4.78 is 0. The van der Waals surface area contributed by atoms with Gasteiger partial charge in [-0.25, -0.2) is 0 Å². The van der Waals surface area contributed by atoms with Gasteiger partial charge in [0, 0.05) is 38.7 Å². The first-order valence-corrected chi connectivity index (χ1v) is 13.5. The molecule has 3 aromatic carbocycles. The molecule has 3 nitrogen and oxygen atoms in total. The number of rotatable bonds is 6. The van der Waals surface area contributed by atoms with Gasteiger partial charge in [-0.2, -0.15) is 0 Å². The summed E-state index contributed by atoms with van der Waals surface area (Å²) in [5.41, 5.74) is 30.4. The van der Waals surface area contributed by atoms with E-state index in [2.05, 4.69) is 82.3 Å². The Morgan fingerprint density at radius 3 is 1.03 bits per heavy atom. The second-order valence-electron chi connectivity index (χ2n) is 11.5. The Hall–Kier alpha value is -2.94. The van der Waals surface area contributed by atoms with E-state index in [1.165, 1.54) is 33.4 Å². The molecule has 0 unspecified atom stereocenters. The highest BCUT2D eigenvalue weighted by Gasteiger charge is 2.82. The predicted molar refractivity (Wildman–Crippen MR) is 148 cm³/mol. The Kier molecular flexibility index (Phi) is 4.54. The van der Waals surface area contributed by atoms with E-state index in [1.807, 2.05) is 0 Å². The third-order valence-electron chi connectivity index (χ3n) is 10.3. The fourth-order valence-corrected chi connectivity index (χ4v) is 9.69. The molecule has 3 aliphatic carbocycles. The van der Waals surface area contributed by atoms with Crippen LogP contribution >= 0.6 is 0 Å². The number of nitrogen functional groups attached to an aromatic ring is 3. The Balaban J connectivity index is 1.92. The number of benzene rings is 3. The van der Waals surface area contributed by atoms with Gasteiger partial charge in [0.25, 0.3) is 0 Å². The maximum atomic E-state index is 6.54. The van der Waals surface area contributed by atoms with Crippen LogP contribution in [-0.2, 0) is 16.2 Å². The summed E-state index contributed by atoms with van der Waals surface area (Å²) in [5, 5.41) is 0. The van der Waals surface area contributed by atoms with Gasteiger partial charge in [0.05, 0.1) is 0 Å². The summed E-state index contributed by atoms with van der Waals surface area (Å²) in [6.45, 7) is 9.62. The molecule has 3 atom stereocenters. The first kappa shape index (κ1) is 22.5. The van der Waals surface area contributed by atoms with Gasteiger partial charge in [0.2, 0.25) is 0 Å². The highest BCUT2D eigenvalue weighted by Crippen LogP contribution is 2.85. The van der Waals surface area contributed by atoms with Crippen LogP contribution in [0.1, 0.15) is 99.6 Å². The second kappa shape index (κ2) is 7.06. The lowest BCUT2D eigenvalue weighted by Gasteiger charge is -2.53. The van der Waals surface area contributed by atoms with Crippen molar-refractivity contribution in [2.24, 2.45) is 5.41 Å². The summed E-state index contributed by atoms with van der Waals surface area (Å²) >= 11 is 0. The summed E-state index contributed by atoms with van der Waals surface area (Å²) in [5.74, 6) is 0. The molecule has 0 fully saturated rings. The molecule has 0 aliphatic heterocycles. The molecule has 35 heavy (non-hydrogen) atoms. The topological polar surface area (TPSA) is 78.1 Å². The van der Waals surface area contributed by atoms with Crippen LogP contribution in [0.3, 0.4) is 0 Å². The number of fused-ring (bicyclic) bond motifs is 9. The van der Waals surface area contributed by atoms with Crippen LogP contribution in [0.5, 0.6) is 0 Å². The maximum absolute atomic E-state index is 6.54. The average molecular weight is 466 g/mol. The van der Waals surface area contributed by atoms with E-state index in [1.54, 1.807) is 0 Å². The molecular formula is C32H39N3. The Morgan fingerprint density at radius 2 is 0.771 bits per heavy atom. The van der Waals surface area contributed by atoms with Crippen LogP contribution in [0.15, 0.2) is 54.6 Å². The fraction of sp³-hybridized carbons (Fsp3) is 0.438. The minimum Gasteiger partial charge on any atom is -0.399 e. The van der Waals surface area contributed by atoms with Gasteiger partial charge >= 0.3 is 0 Å². The zero-order valence-corrected chi connectivity index (χ0v) is 21.7. The molecule has 3 aromatic rings. The largest absolute Gasteiger partial charge is 0.399 e. The van der Waals surface area contributed by atoms with Gasteiger partial charge < -0.3 is 17.2 Å². The molecule has 182 valence electrons. The molecule has 3 heteroatoms. The second-order valence-corrected chi connectivity index (χ2v) is 11.5. The molecular weight excluding hydrogens is 426 g/mol. The summed E-state index contributed by atoms with van der Waals surface area (Å²) in [6, 6.07) is 20.3. The Labute approximate surface area is 210 Å². The van der Waals surface area contributed by atoms with Crippen molar-refractivity contribution < 1.29 is 0 Å². The Morgan fingerprint density at radius 1 is 0.486 bits per heavy atom. The van der Waals surface area contributed by atoms with Crippen LogP contribution in [0.2, 0.25) is 0 Å². The van der Waals surface area contributed by atoms with Crippen molar-refractivity contribution in [1.29, 1.82) is 0 Å². The van der Waals surface area contributed by atoms with Crippen molar-refractivity contribution in [3.05, 3.63) is 88.0 Å². The fourth-order valence-electron chi connectivity index (χ4n) is 9.69. The van der Waals surface area contributed by atoms with Gasteiger partial charge in [0.15, 0.2) is 0 Å². The van der Waals surface area contributed by atoms with Gasteiger partial charge in [0.1, 0.15) is 0 Å². The van der Waals surface area contributed by atoms with E-state index < -0.39 is 0 Å². The third kappa shape index (κ3) is 2.13. The van der Waals surface area contributed by atoms with E-state index in [0.717, 1.165) is 55.6 Å². The summed E-state index contributed by atoms with van der Waals surface area (Å²) in [6.07, 6.45) is 6.61. The molecule has 0 saturated carbocycles. The molecule has 0 spiro atoms. The first-order valence-electron chi connectivity index (χ1n) is 13.5. The third-order valence-corrected chi connectivity index (χ3v) is 10.3. The molecule has 0 amide bonds. The number of anilines is 3. The molecule has 0 radical (unpaired) electrons. The zero-order valence-electron chi connectivity index (χ0n) is 21.7. The predicted octanol–water partition coefficient (Wildman–Crippen LogP) is 7.04. The number of hydrogen-bond donors (Lipinski definition) is 3. The highest BCUT2D eigenvalue weighted by molar-refractivity contribution is 5.80. The lowest BCUT2D eigenvalue weighted by molar-refractivity contribution is 0.0540. The lowest BCUT2D eigenvalue weighted by Crippen LogP contribution is -2.54. The highest BCUT2D eigenvalue weighted by atomic mass is 14.8. The van der Waals surface area contributed by atoms with E-state index in [-0.39, 0.29) is 21.7 Å². The molecule has 6 rings (SSSR count). The standard InChI is InChI=1S/C32H39N3/c1-5-14-30-23-11-8-21(34)18-27(23)32(16-7-3)25-13-10-22(35)19-28(25)31(15-6-2,29(30,32)4)24-12-9-20(33)17-26(24)30/h8-13,17-19H,5-7,14-16,33-35H2,1-4H3/t29?,30-,31-,32-/m1/s1. The van der Waals surface area contributed by atoms with Crippen molar-refractivity contribution in [3.8, 4) is 0 Å². The summed E-state index contributed by atoms with van der Waals surface area (Å²) in [7, 11) is 0. The van der Waals surface area contributed by atoms with Crippen LogP contribution < -0.4 is 17.2 Å². The molecule has 0 aromatic heterocycles. The SMILES string of the molecule is CCC[C@@]12c3ccc(N)cc3[C@@]3(CCC)c4ccc(N)cc4[C@@](CCC)(c4ccc(N)cc41)C23C. The summed E-state index contributed by atoms with van der Waals surface area (Å²) in [4.78, 5) is 0. The van der Waals surface area contributed by atoms with E-state index in [9.17, 15) is 0 Å². The van der Waals surface area contributed by atoms with Crippen LogP contribution in [0.25, 0.3) is 0 Å². The average Bonchev–Trinajstić information content (AvgIpc) is 3.22.